The van der Waals surface area contributed by atoms with Crippen LogP contribution in [0.25, 0.3) is 0 Å². The summed E-state index contributed by atoms with van der Waals surface area (Å²) in [5.41, 5.74) is 11.7. The van der Waals surface area contributed by atoms with Gasteiger partial charge < -0.3 is 11.5 Å². The zero-order chi connectivity index (χ0) is 7.28. The highest BCUT2D eigenvalue weighted by molar-refractivity contribution is 7.99. The summed E-state index contributed by atoms with van der Waals surface area (Å²) in [6.45, 7) is 4.12. The van der Waals surface area contributed by atoms with Crippen molar-refractivity contribution in [2.75, 3.05) is 5.75 Å². The van der Waals surface area contributed by atoms with Crippen LogP contribution in [0.5, 0.6) is 0 Å². The van der Waals surface area contributed by atoms with Crippen LogP contribution in [0.3, 0.4) is 0 Å². The van der Waals surface area contributed by atoms with Crippen LogP contribution in [-0.2, 0) is 0 Å². The van der Waals surface area contributed by atoms with Crippen LogP contribution in [0, 0.1) is 0 Å². The van der Waals surface area contributed by atoms with Crippen molar-refractivity contribution in [3.8, 4) is 0 Å². The molecule has 9 heavy (non-hydrogen) atoms. The van der Waals surface area contributed by atoms with Gasteiger partial charge in [-0.1, -0.05) is 11.6 Å². The fraction of sp³-hybridized carbons (Fsp3) is 0.667. The van der Waals surface area contributed by atoms with Crippen molar-refractivity contribution in [2.45, 2.75) is 19.3 Å². The number of hydrogen-bond donors (Lipinski definition) is 2. The molecule has 0 fully saturated rings. The smallest absolute Gasteiger partial charge is 0.101 e. The maximum atomic E-state index is 5.29. The number of nitrogens with two attached hydrogens (primary N) is 2. The molecule has 0 saturated heterocycles. The van der Waals surface area contributed by atoms with Gasteiger partial charge >= 0.3 is 0 Å². The Labute approximate surface area is 60.7 Å². The minimum Gasteiger partial charge on any atom is -0.307 e. The van der Waals surface area contributed by atoms with Crippen molar-refractivity contribution in [3.63, 3.8) is 0 Å². The fourth-order valence-electron chi connectivity index (χ4n) is 0.326. The molecule has 0 amide bonds. The summed E-state index contributed by atoms with van der Waals surface area (Å²) in [7, 11) is 0. The van der Waals surface area contributed by atoms with E-state index in [2.05, 4.69) is 19.9 Å². The van der Waals surface area contributed by atoms with E-state index in [1.54, 1.807) is 0 Å². The van der Waals surface area contributed by atoms with Crippen LogP contribution in [-0.4, -0.2) is 11.3 Å². The molecule has 0 bridgehead atoms. The van der Waals surface area contributed by atoms with Crippen molar-refractivity contribution in [1.82, 2.24) is 0 Å². The number of rotatable bonds is 3. The first-order chi connectivity index (χ1) is 4.13. The van der Waals surface area contributed by atoms with Crippen LogP contribution in [0.15, 0.2) is 11.6 Å². The van der Waals surface area contributed by atoms with Crippen LogP contribution < -0.4 is 11.5 Å². The van der Waals surface area contributed by atoms with E-state index in [0.29, 0.717) is 0 Å². The molecule has 0 radical (unpaired) electrons. The Morgan fingerprint density at radius 2 is 2.11 bits per heavy atom. The second-order valence-electron chi connectivity index (χ2n) is 2.08. The first kappa shape index (κ1) is 9.01. The van der Waals surface area contributed by atoms with Gasteiger partial charge in [-0.15, -0.1) is 11.8 Å². The molecule has 0 unspecified atom stereocenters. The summed E-state index contributed by atoms with van der Waals surface area (Å²) < 4.78 is 0. The molecule has 3 heteroatoms. The number of allylic oxidation sites excluding steroid dienone is 1. The Balaban J connectivity index is 3.20. The molecule has 0 heterocycles. The van der Waals surface area contributed by atoms with E-state index in [4.69, 9.17) is 11.5 Å². The van der Waals surface area contributed by atoms with E-state index in [-0.39, 0.29) is 5.50 Å². The first-order valence-corrected chi connectivity index (χ1v) is 3.94. The standard InChI is InChI=1S/C6H14N2S/c1-5(2)3-4-9-6(7)8/h3,6H,4,7-8H2,1-2H3. The van der Waals surface area contributed by atoms with Crippen LogP contribution >= 0.6 is 11.8 Å². The van der Waals surface area contributed by atoms with E-state index in [1.807, 2.05) is 0 Å². The molecule has 0 aromatic rings. The van der Waals surface area contributed by atoms with Crippen molar-refractivity contribution in [3.05, 3.63) is 11.6 Å². The number of hydrogen-bond acceptors (Lipinski definition) is 3. The lowest BCUT2D eigenvalue weighted by atomic mass is 10.3. The van der Waals surface area contributed by atoms with Gasteiger partial charge in [0.15, 0.2) is 0 Å². The molecule has 0 spiro atoms. The lowest BCUT2D eigenvalue weighted by Crippen LogP contribution is -2.26. The highest BCUT2D eigenvalue weighted by Gasteiger charge is 1.89. The van der Waals surface area contributed by atoms with Gasteiger partial charge in [-0.3, -0.25) is 0 Å². The van der Waals surface area contributed by atoms with Gasteiger partial charge in [0, 0.05) is 5.75 Å². The molecule has 4 N–H and O–H groups in total. The van der Waals surface area contributed by atoms with Crippen LogP contribution in [0.2, 0.25) is 0 Å². The Kier molecular flexibility index (Phi) is 4.85. The van der Waals surface area contributed by atoms with Gasteiger partial charge in [0.25, 0.3) is 0 Å². The van der Waals surface area contributed by atoms with Crippen LogP contribution in [0.4, 0.5) is 0 Å². The lowest BCUT2D eigenvalue weighted by molar-refractivity contribution is 0.989. The van der Waals surface area contributed by atoms with Crippen molar-refractivity contribution in [2.24, 2.45) is 11.5 Å². The Morgan fingerprint density at radius 3 is 2.44 bits per heavy atom. The van der Waals surface area contributed by atoms with E-state index in [1.165, 1.54) is 17.3 Å². The van der Waals surface area contributed by atoms with Gasteiger partial charge in [-0.2, -0.15) is 0 Å². The predicted molar refractivity (Wildman–Crippen MR) is 44.1 cm³/mol. The third kappa shape index (κ3) is 8.01. The van der Waals surface area contributed by atoms with Gasteiger partial charge in [0.1, 0.15) is 5.50 Å². The molecule has 0 aromatic heterocycles. The normalized spacial score (nSPS) is 9.89. The summed E-state index contributed by atoms with van der Waals surface area (Å²) in [6, 6.07) is 0. The van der Waals surface area contributed by atoms with E-state index >= 15 is 0 Å². The molecule has 2 nitrogen and oxygen atoms in total. The second kappa shape index (κ2) is 4.85. The average molecular weight is 146 g/mol. The van der Waals surface area contributed by atoms with Gasteiger partial charge in [-0.05, 0) is 13.8 Å². The van der Waals surface area contributed by atoms with E-state index < -0.39 is 0 Å². The SMILES string of the molecule is CC(C)=CCSC(N)N. The molecule has 54 valence electrons. The lowest BCUT2D eigenvalue weighted by Gasteiger charge is -2.00. The zero-order valence-corrected chi connectivity index (χ0v) is 6.74. The van der Waals surface area contributed by atoms with Gasteiger partial charge in [0.05, 0.1) is 0 Å². The largest absolute Gasteiger partial charge is 0.307 e. The summed E-state index contributed by atoms with van der Waals surface area (Å²) in [5, 5.41) is 0. The second-order valence-corrected chi connectivity index (χ2v) is 3.29. The summed E-state index contributed by atoms with van der Waals surface area (Å²) in [6.07, 6.45) is 2.11. The van der Waals surface area contributed by atoms with Crippen molar-refractivity contribution >= 4 is 11.8 Å². The monoisotopic (exact) mass is 146 g/mol. The zero-order valence-electron chi connectivity index (χ0n) is 5.92. The maximum Gasteiger partial charge on any atom is 0.101 e. The minimum atomic E-state index is -0.236. The molecule has 0 aliphatic carbocycles. The molecule has 0 aromatic carbocycles. The quantitative estimate of drug-likeness (QED) is 0.459. The van der Waals surface area contributed by atoms with E-state index in [0.717, 1.165) is 5.75 Å². The van der Waals surface area contributed by atoms with Gasteiger partial charge in [-0.25, -0.2) is 0 Å². The topological polar surface area (TPSA) is 52.0 Å². The highest BCUT2D eigenvalue weighted by Crippen LogP contribution is 2.01. The number of thioether (sulfide) groups is 1. The summed E-state index contributed by atoms with van der Waals surface area (Å²) in [5.74, 6) is 0.917. The minimum absolute atomic E-state index is 0.236. The first-order valence-electron chi connectivity index (χ1n) is 2.89. The third-order valence-electron chi connectivity index (χ3n) is 0.780. The maximum absolute atomic E-state index is 5.29. The molecule has 0 rings (SSSR count). The average Bonchev–Trinajstić information content (AvgIpc) is 1.63. The Bertz CT molecular complexity index is 95.2. The Morgan fingerprint density at radius 1 is 1.56 bits per heavy atom. The Hall–Kier alpha value is 0.01000. The summed E-state index contributed by atoms with van der Waals surface area (Å²) >= 11 is 1.54. The third-order valence-corrected chi connectivity index (χ3v) is 1.52. The summed E-state index contributed by atoms with van der Waals surface area (Å²) in [4.78, 5) is 0. The van der Waals surface area contributed by atoms with Crippen LogP contribution in [0.1, 0.15) is 13.8 Å². The predicted octanol–water partition coefficient (Wildman–Crippen LogP) is 0.887. The van der Waals surface area contributed by atoms with Crippen molar-refractivity contribution < 1.29 is 0 Å². The van der Waals surface area contributed by atoms with Gasteiger partial charge in [0.2, 0.25) is 0 Å². The van der Waals surface area contributed by atoms with Crippen molar-refractivity contribution in [1.29, 1.82) is 0 Å². The molecule has 0 saturated carbocycles. The van der Waals surface area contributed by atoms with E-state index in [9.17, 15) is 0 Å². The molecule has 0 aliphatic rings. The molecular weight excluding hydrogens is 132 g/mol. The molecule has 0 atom stereocenters. The molecular formula is C6H14N2S. The molecule has 0 aliphatic heterocycles. The highest BCUT2D eigenvalue weighted by atomic mass is 32.2. The fourth-order valence-corrected chi connectivity index (χ4v) is 0.978.